The number of rotatable bonds is 9. The number of halogens is 3. The van der Waals surface area contributed by atoms with Crippen LogP contribution in [0.15, 0.2) is 85.2 Å². The average molecular weight is 509 g/mol. The quantitative estimate of drug-likeness (QED) is 0.332. The van der Waals surface area contributed by atoms with Crippen molar-refractivity contribution in [1.82, 2.24) is 25.4 Å². The number of carbonyl (C=O) groups excluding carboxylic acids is 2. The summed E-state index contributed by atoms with van der Waals surface area (Å²) in [5, 5.41) is 8.51. The van der Waals surface area contributed by atoms with Gasteiger partial charge in [0.1, 0.15) is 6.61 Å². The van der Waals surface area contributed by atoms with Crippen LogP contribution in [0.4, 0.5) is 13.2 Å². The van der Waals surface area contributed by atoms with E-state index in [-0.39, 0.29) is 18.7 Å². The molecule has 0 aliphatic heterocycles. The number of para-hydroxylation sites is 1. The van der Waals surface area contributed by atoms with E-state index in [1.54, 1.807) is 36.4 Å². The van der Waals surface area contributed by atoms with Crippen LogP contribution >= 0.6 is 0 Å². The minimum atomic E-state index is -4.81. The van der Waals surface area contributed by atoms with Crippen LogP contribution in [-0.2, 0) is 12.8 Å². The van der Waals surface area contributed by atoms with Crippen LogP contribution in [0, 0.1) is 0 Å². The topological polar surface area (TPSA) is 98.1 Å². The Bertz CT molecular complexity index is 1340. The first kappa shape index (κ1) is 25.4. The monoisotopic (exact) mass is 509 g/mol. The number of benzene rings is 2. The van der Waals surface area contributed by atoms with E-state index in [0.29, 0.717) is 18.2 Å². The minimum absolute atomic E-state index is 0.00892. The Morgan fingerprint density at radius 2 is 1.51 bits per heavy atom. The van der Waals surface area contributed by atoms with Gasteiger partial charge in [0.25, 0.3) is 11.8 Å². The van der Waals surface area contributed by atoms with Crippen LogP contribution < -0.4 is 15.4 Å². The van der Waals surface area contributed by atoms with E-state index in [2.05, 4.69) is 20.7 Å². The van der Waals surface area contributed by atoms with Gasteiger partial charge in [-0.15, -0.1) is 0 Å². The maximum absolute atomic E-state index is 13.5. The Balaban J connectivity index is 1.28. The summed E-state index contributed by atoms with van der Waals surface area (Å²) >= 11 is 0. The highest BCUT2D eigenvalue weighted by Gasteiger charge is 2.39. The molecule has 2 amide bonds. The molecule has 2 aromatic carbocycles. The van der Waals surface area contributed by atoms with Crippen molar-refractivity contribution in [1.29, 1.82) is 0 Å². The van der Waals surface area contributed by atoms with Crippen LogP contribution in [-0.4, -0.2) is 39.7 Å². The van der Waals surface area contributed by atoms with Gasteiger partial charge in [0.05, 0.1) is 16.8 Å². The third-order valence-electron chi connectivity index (χ3n) is 5.17. The zero-order valence-electron chi connectivity index (χ0n) is 19.4. The van der Waals surface area contributed by atoms with E-state index in [1.807, 2.05) is 30.3 Å². The molecule has 0 fully saturated rings. The predicted octanol–water partition coefficient (Wildman–Crippen LogP) is 4.02. The summed E-state index contributed by atoms with van der Waals surface area (Å²) in [6.07, 6.45) is -2.44. The lowest BCUT2D eigenvalue weighted by atomic mass is 10.2. The van der Waals surface area contributed by atoms with Crippen molar-refractivity contribution in [2.75, 3.05) is 13.1 Å². The number of nitrogens with zero attached hydrogens (tertiary/aromatic N) is 3. The molecule has 0 bridgehead atoms. The molecule has 0 atom stereocenters. The van der Waals surface area contributed by atoms with Gasteiger partial charge in [0.15, 0.2) is 5.69 Å². The third-order valence-corrected chi connectivity index (χ3v) is 5.17. The molecule has 0 radical (unpaired) electrons. The molecule has 0 spiro atoms. The Morgan fingerprint density at radius 3 is 2.14 bits per heavy atom. The molecule has 2 heterocycles. The fourth-order valence-electron chi connectivity index (χ4n) is 3.34. The lowest BCUT2D eigenvalue weighted by Crippen LogP contribution is -2.35. The minimum Gasteiger partial charge on any atom is -0.473 e. The van der Waals surface area contributed by atoms with Crippen molar-refractivity contribution in [3.8, 4) is 11.6 Å². The normalized spacial score (nSPS) is 11.1. The van der Waals surface area contributed by atoms with Gasteiger partial charge in [-0.05, 0) is 23.8 Å². The molecule has 4 rings (SSSR count). The molecule has 4 aromatic rings. The van der Waals surface area contributed by atoms with Crippen molar-refractivity contribution < 1.29 is 27.5 Å². The largest absolute Gasteiger partial charge is 0.473 e. The fourth-order valence-corrected chi connectivity index (χ4v) is 3.34. The van der Waals surface area contributed by atoms with Gasteiger partial charge in [-0.2, -0.15) is 18.3 Å². The smallest absolute Gasteiger partial charge is 0.435 e. The van der Waals surface area contributed by atoms with Crippen molar-refractivity contribution in [3.05, 3.63) is 108 Å². The highest BCUT2D eigenvalue weighted by molar-refractivity contribution is 5.96. The number of pyridine rings is 1. The number of hydrogen-bond acceptors (Lipinski definition) is 5. The lowest BCUT2D eigenvalue weighted by Gasteiger charge is -2.09. The van der Waals surface area contributed by atoms with Gasteiger partial charge in [0, 0.05) is 31.5 Å². The molecule has 2 N–H and O–H groups in total. The van der Waals surface area contributed by atoms with E-state index < -0.39 is 29.2 Å². The summed E-state index contributed by atoms with van der Waals surface area (Å²) in [5.41, 5.74) is -0.286. The summed E-state index contributed by atoms with van der Waals surface area (Å²) in [6.45, 7) is 0.231. The summed E-state index contributed by atoms with van der Waals surface area (Å²) in [4.78, 5) is 28.9. The molecule has 0 aliphatic rings. The first-order valence-electron chi connectivity index (χ1n) is 11.2. The molecular formula is C26H22F3N5O3. The Labute approximate surface area is 210 Å². The van der Waals surface area contributed by atoms with Crippen LogP contribution in [0.3, 0.4) is 0 Å². The molecule has 11 heteroatoms. The number of hydrogen-bond donors (Lipinski definition) is 2. The van der Waals surface area contributed by atoms with Gasteiger partial charge >= 0.3 is 6.18 Å². The summed E-state index contributed by atoms with van der Waals surface area (Å²) in [7, 11) is 0. The second-order valence-corrected chi connectivity index (χ2v) is 7.84. The molecule has 190 valence electrons. The van der Waals surface area contributed by atoms with E-state index in [1.165, 1.54) is 12.3 Å². The first-order valence-corrected chi connectivity index (χ1v) is 11.2. The van der Waals surface area contributed by atoms with Crippen molar-refractivity contribution in [2.24, 2.45) is 0 Å². The maximum atomic E-state index is 13.5. The number of carbonyl (C=O) groups is 2. The number of ether oxygens (including phenoxy) is 1. The van der Waals surface area contributed by atoms with Gasteiger partial charge in [-0.25, -0.2) is 9.67 Å². The number of nitrogens with one attached hydrogen (secondary N) is 2. The SMILES string of the molecule is O=C(NCCNC(=O)c1cn(-c2ccccc2)nc1C(F)(F)F)c1ccc(OCc2ccccc2)nc1. The molecule has 0 saturated carbocycles. The maximum Gasteiger partial charge on any atom is 0.435 e. The molecule has 8 nitrogen and oxygen atoms in total. The fraction of sp³-hybridized carbons (Fsp3) is 0.154. The average Bonchev–Trinajstić information content (AvgIpc) is 3.38. The second-order valence-electron chi connectivity index (χ2n) is 7.84. The van der Waals surface area contributed by atoms with E-state index in [0.717, 1.165) is 16.4 Å². The van der Waals surface area contributed by atoms with Crippen molar-refractivity contribution in [3.63, 3.8) is 0 Å². The number of amides is 2. The van der Waals surface area contributed by atoms with Crippen LogP contribution in [0.5, 0.6) is 5.88 Å². The van der Waals surface area contributed by atoms with Gasteiger partial charge in [-0.1, -0.05) is 48.5 Å². The second kappa shape index (κ2) is 11.4. The van der Waals surface area contributed by atoms with Crippen molar-refractivity contribution in [2.45, 2.75) is 12.8 Å². The molecule has 37 heavy (non-hydrogen) atoms. The standard InChI is InChI=1S/C26H22F3N5O3/c27-26(28,29)23-21(16-34(33-23)20-9-5-2-6-10-20)25(36)31-14-13-30-24(35)19-11-12-22(32-15-19)37-17-18-7-3-1-4-8-18/h1-12,15-16H,13-14,17H2,(H,30,35)(H,31,36). The Kier molecular flexibility index (Phi) is 7.82. The van der Waals surface area contributed by atoms with Crippen LogP contribution in [0.1, 0.15) is 32.0 Å². The van der Waals surface area contributed by atoms with Crippen LogP contribution in [0.25, 0.3) is 5.69 Å². The summed E-state index contributed by atoms with van der Waals surface area (Å²) < 4.78 is 46.9. The summed E-state index contributed by atoms with van der Waals surface area (Å²) in [6, 6.07) is 20.8. The van der Waals surface area contributed by atoms with Gasteiger partial charge < -0.3 is 15.4 Å². The van der Waals surface area contributed by atoms with E-state index >= 15 is 0 Å². The molecule has 0 aliphatic carbocycles. The lowest BCUT2D eigenvalue weighted by molar-refractivity contribution is -0.141. The molecule has 0 saturated heterocycles. The Hall–Kier alpha value is -4.67. The number of alkyl halides is 3. The zero-order chi connectivity index (χ0) is 26.3. The number of aromatic nitrogens is 3. The first-order chi connectivity index (χ1) is 17.8. The molecule has 0 unspecified atom stereocenters. The van der Waals surface area contributed by atoms with Crippen LogP contribution in [0.2, 0.25) is 0 Å². The van der Waals surface area contributed by atoms with E-state index in [9.17, 15) is 22.8 Å². The van der Waals surface area contributed by atoms with Gasteiger partial charge in [-0.3, -0.25) is 9.59 Å². The third kappa shape index (κ3) is 6.72. The van der Waals surface area contributed by atoms with Crippen molar-refractivity contribution >= 4 is 11.8 Å². The predicted molar refractivity (Wildman–Crippen MR) is 128 cm³/mol. The zero-order valence-corrected chi connectivity index (χ0v) is 19.4. The van der Waals surface area contributed by atoms with E-state index in [4.69, 9.17) is 4.74 Å². The summed E-state index contributed by atoms with van der Waals surface area (Å²) in [5.74, 6) is -1.06. The molecule has 2 aromatic heterocycles. The Morgan fingerprint density at radius 1 is 0.865 bits per heavy atom. The van der Waals surface area contributed by atoms with Gasteiger partial charge in [0.2, 0.25) is 5.88 Å². The highest BCUT2D eigenvalue weighted by atomic mass is 19.4. The molecular weight excluding hydrogens is 487 g/mol. The highest BCUT2D eigenvalue weighted by Crippen LogP contribution is 2.31.